The van der Waals surface area contributed by atoms with Gasteiger partial charge in [0.25, 0.3) is 0 Å². The second-order valence-electron chi connectivity index (χ2n) is 8.43. The molecule has 0 spiro atoms. The van der Waals surface area contributed by atoms with Crippen LogP contribution < -0.4 is 5.73 Å². The monoisotopic (exact) mass is 356 g/mol. The number of hydrogen-bond acceptors (Lipinski definition) is 5. The highest BCUT2D eigenvalue weighted by atomic mass is 16.6. The van der Waals surface area contributed by atoms with Crippen molar-refractivity contribution < 1.29 is 9.53 Å². The number of carbonyl (C=O) groups excluding carboxylic acids is 1. The molecule has 1 aliphatic heterocycles. The Morgan fingerprint density at radius 3 is 2.32 bits per heavy atom. The summed E-state index contributed by atoms with van der Waals surface area (Å²) in [5.74, 6) is 0.577. The average Bonchev–Trinajstić information content (AvgIpc) is 2.53. The van der Waals surface area contributed by atoms with E-state index in [1.54, 1.807) is 4.90 Å². The lowest BCUT2D eigenvalue weighted by Crippen LogP contribution is -2.47. The Morgan fingerprint density at radius 1 is 1.16 bits per heavy atom. The van der Waals surface area contributed by atoms with Crippen LogP contribution in [-0.2, 0) is 4.74 Å². The molecule has 1 rings (SSSR count). The number of carbonyl (C=O) groups is 1. The van der Waals surface area contributed by atoms with Crippen molar-refractivity contribution in [2.75, 3.05) is 59.4 Å². The maximum atomic E-state index is 12.0. The van der Waals surface area contributed by atoms with Crippen LogP contribution in [-0.4, -0.2) is 85.8 Å². The molecule has 2 N–H and O–H groups in total. The first-order valence-electron chi connectivity index (χ1n) is 9.80. The van der Waals surface area contributed by atoms with Gasteiger partial charge in [0.15, 0.2) is 0 Å². The van der Waals surface area contributed by atoms with Gasteiger partial charge < -0.3 is 25.2 Å². The SMILES string of the molecule is CC(CCN(C)C(=O)OC(C)(C)C)CN1CCN(CCCCN)CC1. The van der Waals surface area contributed by atoms with Crippen molar-refractivity contribution in [3.05, 3.63) is 0 Å². The Bertz CT molecular complexity index is 376. The number of nitrogens with two attached hydrogens (primary N) is 1. The molecule has 0 aromatic rings. The Balaban J connectivity index is 2.18. The van der Waals surface area contributed by atoms with E-state index in [9.17, 15) is 4.79 Å². The van der Waals surface area contributed by atoms with Crippen LogP contribution in [0.4, 0.5) is 4.79 Å². The van der Waals surface area contributed by atoms with Crippen LogP contribution in [0.25, 0.3) is 0 Å². The largest absolute Gasteiger partial charge is 0.444 e. The van der Waals surface area contributed by atoms with Gasteiger partial charge in [0.05, 0.1) is 0 Å². The third kappa shape index (κ3) is 10.0. The van der Waals surface area contributed by atoms with Crippen molar-refractivity contribution in [2.45, 2.75) is 52.6 Å². The first-order valence-corrected chi connectivity index (χ1v) is 9.80. The first kappa shape index (κ1) is 22.2. The van der Waals surface area contributed by atoms with Crippen molar-refractivity contribution in [1.82, 2.24) is 14.7 Å². The highest BCUT2D eigenvalue weighted by Crippen LogP contribution is 2.12. The molecule has 6 heteroatoms. The molecule has 1 amide bonds. The molecule has 1 atom stereocenters. The van der Waals surface area contributed by atoms with Crippen LogP contribution in [0.1, 0.15) is 47.0 Å². The number of unbranched alkanes of at least 4 members (excludes halogenated alkanes) is 1. The minimum Gasteiger partial charge on any atom is -0.444 e. The molecular weight excluding hydrogens is 316 g/mol. The summed E-state index contributed by atoms with van der Waals surface area (Å²) in [5.41, 5.74) is 5.13. The molecular formula is C19H40N4O2. The molecule has 1 aliphatic rings. The minimum absolute atomic E-state index is 0.231. The van der Waals surface area contributed by atoms with Crippen LogP contribution in [0.15, 0.2) is 0 Å². The summed E-state index contributed by atoms with van der Waals surface area (Å²) in [7, 11) is 1.82. The van der Waals surface area contributed by atoms with Crippen molar-refractivity contribution in [3.63, 3.8) is 0 Å². The van der Waals surface area contributed by atoms with Gasteiger partial charge in [-0.3, -0.25) is 0 Å². The molecule has 0 bridgehead atoms. The zero-order valence-electron chi connectivity index (χ0n) is 17.1. The van der Waals surface area contributed by atoms with Crippen molar-refractivity contribution >= 4 is 6.09 Å². The standard InChI is InChI=1S/C19H40N4O2/c1-17(8-11-21(5)18(24)25-19(2,3)4)16-23-14-12-22(13-15-23)10-7-6-9-20/h17H,6-16,20H2,1-5H3. The summed E-state index contributed by atoms with van der Waals surface area (Å²) in [6.45, 7) is 16.4. The normalized spacial score (nSPS) is 18.2. The zero-order valence-corrected chi connectivity index (χ0v) is 17.1. The fourth-order valence-corrected chi connectivity index (χ4v) is 3.05. The lowest BCUT2D eigenvalue weighted by atomic mass is 10.1. The van der Waals surface area contributed by atoms with Gasteiger partial charge in [0.1, 0.15) is 5.60 Å². The van der Waals surface area contributed by atoms with Gasteiger partial charge in [0.2, 0.25) is 0 Å². The van der Waals surface area contributed by atoms with Gasteiger partial charge in [-0.2, -0.15) is 0 Å². The number of rotatable bonds is 9. The lowest BCUT2D eigenvalue weighted by molar-refractivity contribution is 0.0287. The van der Waals surface area contributed by atoms with Gasteiger partial charge in [-0.1, -0.05) is 6.92 Å². The van der Waals surface area contributed by atoms with Gasteiger partial charge in [-0.25, -0.2) is 4.79 Å². The van der Waals surface area contributed by atoms with Crippen LogP contribution >= 0.6 is 0 Å². The fraction of sp³-hybridized carbons (Fsp3) is 0.947. The van der Waals surface area contributed by atoms with Crippen LogP contribution in [0, 0.1) is 5.92 Å². The summed E-state index contributed by atoms with van der Waals surface area (Å²) < 4.78 is 5.40. The molecule has 0 saturated carbocycles. The van der Waals surface area contributed by atoms with E-state index in [0.29, 0.717) is 5.92 Å². The van der Waals surface area contributed by atoms with Crippen molar-refractivity contribution in [1.29, 1.82) is 0 Å². The third-order valence-corrected chi connectivity index (χ3v) is 4.63. The Kier molecular flexibility index (Phi) is 9.75. The molecule has 0 radical (unpaired) electrons. The first-order chi connectivity index (χ1) is 11.7. The molecule has 1 fully saturated rings. The van der Waals surface area contributed by atoms with E-state index in [1.165, 1.54) is 13.0 Å². The minimum atomic E-state index is -0.430. The molecule has 1 heterocycles. The molecule has 0 aliphatic carbocycles. The highest BCUT2D eigenvalue weighted by molar-refractivity contribution is 5.67. The van der Waals surface area contributed by atoms with Crippen LogP contribution in [0.5, 0.6) is 0 Å². The summed E-state index contributed by atoms with van der Waals surface area (Å²) in [6, 6.07) is 0. The number of ether oxygens (including phenoxy) is 1. The Morgan fingerprint density at radius 2 is 1.76 bits per heavy atom. The molecule has 1 saturated heterocycles. The van der Waals surface area contributed by atoms with Crippen molar-refractivity contribution in [2.24, 2.45) is 11.7 Å². The maximum Gasteiger partial charge on any atom is 0.410 e. The predicted molar refractivity (Wildman–Crippen MR) is 104 cm³/mol. The summed E-state index contributed by atoms with van der Waals surface area (Å²) in [5, 5.41) is 0. The average molecular weight is 357 g/mol. The lowest BCUT2D eigenvalue weighted by Gasteiger charge is -2.36. The topological polar surface area (TPSA) is 62.0 Å². The highest BCUT2D eigenvalue weighted by Gasteiger charge is 2.21. The quantitative estimate of drug-likeness (QED) is 0.642. The summed E-state index contributed by atoms with van der Waals surface area (Å²) >= 11 is 0. The van der Waals surface area contributed by atoms with Gasteiger partial charge >= 0.3 is 6.09 Å². The number of nitrogens with zero attached hydrogens (tertiary/aromatic N) is 3. The smallest absolute Gasteiger partial charge is 0.410 e. The van der Waals surface area contributed by atoms with Crippen LogP contribution in [0.2, 0.25) is 0 Å². The second-order valence-corrected chi connectivity index (χ2v) is 8.43. The summed E-state index contributed by atoms with van der Waals surface area (Å²) in [4.78, 5) is 18.8. The van der Waals surface area contributed by atoms with Crippen LogP contribution in [0.3, 0.4) is 0 Å². The van der Waals surface area contributed by atoms with E-state index in [2.05, 4.69) is 16.7 Å². The molecule has 148 valence electrons. The molecule has 1 unspecified atom stereocenters. The number of hydrogen-bond donors (Lipinski definition) is 1. The Labute approximate surface area is 154 Å². The number of piperazine rings is 1. The second kappa shape index (κ2) is 11.0. The third-order valence-electron chi connectivity index (χ3n) is 4.63. The zero-order chi connectivity index (χ0) is 18.9. The van der Waals surface area contributed by atoms with E-state index < -0.39 is 5.60 Å². The fourth-order valence-electron chi connectivity index (χ4n) is 3.05. The van der Waals surface area contributed by atoms with E-state index >= 15 is 0 Å². The molecule has 6 nitrogen and oxygen atoms in total. The maximum absolute atomic E-state index is 12.0. The molecule has 25 heavy (non-hydrogen) atoms. The van der Waals surface area contributed by atoms with E-state index in [0.717, 1.165) is 58.7 Å². The molecule has 0 aromatic carbocycles. The summed E-state index contributed by atoms with van der Waals surface area (Å²) in [6.07, 6.45) is 3.12. The van der Waals surface area contributed by atoms with Gasteiger partial charge in [-0.15, -0.1) is 0 Å². The molecule has 0 aromatic heterocycles. The van der Waals surface area contributed by atoms with Crippen molar-refractivity contribution in [3.8, 4) is 0 Å². The van der Waals surface area contributed by atoms with Gasteiger partial charge in [0, 0.05) is 46.3 Å². The predicted octanol–water partition coefficient (Wildman–Crippen LogP) is 2.24. The van der Waals surface area contributed by atoms with Gasteiger partial charge in [-0.05, 0) is 59.0 Å². The van der Waals surface area contributed by atoms with E-state index in [4.69, 9.17) is 10.5 Å². The Hall–Kier alpha value is -0.850. The number of amides is 1. The van der Waals surface area contributed by atoms with E-state index in [-0.39, 0.29) is 6.09 Å². The van der Waals surface area contributed by atoms with E-state index in [1.807, 2.05) is 27.8 Å².